The van der Waals surface area contributed by atoms with Gasteiger partial charge in [-0.05, 0) is 13.8 Å². The molecule has 2 rings (SSSR count). The largest absolute Gasteiger partial charge is 0.298 e. The van der Waals surface area contributed by atoms with Gasteiger partial charge in [0.1, 0.15) is 0 Å². The quantitative estimate of drug-likeness (QED) is 0.736. The van der Waals surface area contributed by atoms with Crippen LogP contribution in [0.25, 0.3) is 11.3 Å². The molecule has 0 saturated heterocycles. The molecule has 0 unspecified atom stereocenters. The second kappa shape index (κ2) is 4.31. The SMILES string of the molecule is CCn1ncc(C=O)c1-c1ccc(C)cc1. The van der Waals surface area contributed by atoms with Gasteiger partial charge in [-0.15, -0.1) is 0 Å². The van der Waals surface area contributed by atoms with Crippen molar-refractivity contribution in [2.75, 3.05) is 0 Å². The first kappa shape index (κ1) is 10.6. The number of hydrogen-bond acceptors (Lipinski definition) is 2. The van der Waals surface area contributed by atoms with Crippen molar-refractivity contribution in [3.05, 3.63) is 41.6 Å². The number of carbonyl (C=O) groups is 1. The van der Waals surface area contributed by atoms with Crippen molar-refractivity contribution in [2.45, 2.75) is 20.4 Å². The van der Waals surface area contributed by atoms with Crippen LogP contribution in [0.2, 0.25) is 0 Å². The summed E-state index contributed by atoms with van der Waals surface area (Å²) in [6.07, 6.45) is 2.47. The van der Waals surface area contributed by atoms with Crippen LogP contribution in [0.1, 0.15) is 22.8 Å². The van der Waals surface area contributed by atoms with E-state index < -0.39 is 0 Å². The first-order chi connectivity index (χ1) is 7.76. The molecular formula is C13H14N2O. The van der Waals surface area contributed by atoms with Crippen LogP contribution in [0, 0.1) is 6.92 Å². The van der Waals surface area contributed by atoms with Gasteiger partial charge in [0.05, 0.1) is 17.5 Å². The molecule has 0 aliphatic carbocycles. The average Bonchev–Trinajstić information content (AvgIpc) is 2.73. The summed E-state index contributed by atoms with van der Waals surface area (Å²) in [6.45, 7) is 4.82. The lowest BCUT2D eigenvalue weighted by Gasteiger charge is -2.06. The Balaban J connectivity index is 2.57. The standard InChI is InChI=1S/C13H14N2O/c1-3-15-13(12(9-16)8-14-15)11-6-4-10(2)5-7-11/h4-9H,3H2,1-2H3. The highest BCUT2D eigenvalue weighted by Gasteiger charge is 2.10. The minimum atomic E-state index is 0.644. The molecular weight excluding hydrogens is 200 g/mol. The third kappa shape index (κ3) is 1.76. The van der Waals surface area contributed by atoms with Crippen LogP contribution in [0.15, 0.2) is 30.5 Å². The fraction of sp³-hybridized carbons (Fsp3) is 0.231. The second-order valence-corrected chi connectivity index (χ2v) is 3.75. The lowest BCUT2D eigenvalue weighted by molar-refractivity contribution is 0.112. The number of aldehydes is 1. The van der Waals surface area contributed by atoms with Crippen LogP contribution in [-0.4, -0.2) is 16.1 Å². The zero-order chi connectivity index (χ0) is 11.5. The lowest BCUT2D eigenvalue weighted by Crippen LogP contribution is -1.99. The summed E-state index contributed by atoms with van der Waals surface area (Å²) in [7, 11) is 0. The van der Waals surface area contributed by atoms with Crippen molar-refractivity contribution < 1.29 is 4.79 Å². The molecule has 82 valence electrons. The molecule has 0 aliphatic heterocycles. The summed E-state index contributed by atoms with van der Waals surface area (Å²) in [6, 6.07) is 8.12. The highest BCUT2D eigenvalue weighted by molar-refractivity contribution is 5.85. The molecule has 3 heteroatoms. The number of hydrogen-bond donors (Lipinski definition) is 0. The second-order valence-electron chi connectivity index (χ2n) is 3.75. The van der Waals surface area contributed by atoms with Gasteiger partial charge >= 0.3 is 0 Å². The van der Waals surface area contributed by atoms with Crippen molar-refractivity contribution in [1.82, 2.24) is 9.78 Å². The third-order valence-electron chi connectivity index (χ3n) is 2.62. The minimum Gasteiger partial charge on any atom is -0.298 e. The summed E-state index contributed by atoms with van der Waals surface area (Å²) < 4.78 is 1.84. The van der Waals surface area contributed by atoms with Crippen molar-refractivity contribution in [2.24, 2.45) is 0 Å². The first-order valence-electron chi connectivity index (χ1n) is 5.34. The van der Waals surface area contributed by atoms with Crippen LogP contribution in [-0.2, 0) is 6.54 Å². The number of rotatable bonds is 3. The molecule has 0 atom stereocenters. The van der Waals surface area contributed by atoms with Gasteiger partial charge in [-0.25, -0.2) is 0 Å². The van der Waals surface area contributed by atoms with E-state index in [1.807, 2.05) is 42.8 Å². The topological polar surface area (TPSA) is 34.9 Å². The van der Waals surface area contributed by atoms with Gasteiger partial charge in [0.25, 0.3) is 0 Å². The smallest absolute Gasteiger partial charge is 0.153 e. The maximum atomic E-state index is 10.9. The Labute approximate surface area is 94.7 Å². The first-order valence-corrected chi connectivity index (χ1v) is 5.34. The van der Waals surface area contributed by atoms with Gasteiger partial charge < -0.3 is 0 Å². The highest BCUT2D eigenvalue weighted by Crippen LogP contribution is 2.22. The van der Waals surface area contributed by atoms with E-state index in [0.29, 0.717) is 5.56 Å². The third-order valence-corrected chi connectivity index (χ3v) is 2.62. The van der Waals surface area contributed by atoms with Gasteiger partial charge in [-0.1, -0.05) is 29.8 Å². The van der Waals surface area contributed by atoms with Gasteiger partial charge in [0.2, 0.25) is 0 Å². The van der Waals surface area contributed by atoms with E-state index >= 15 is 0 Å². The molecule has 2 aromatic rings. The van der Waals surface area contributed by atoms with E-state index in [1.165, 1.54) is 5.56 Å². The predicted octanol–water partition coefficient (Wildman–Crippen LogP) is 2.69. The van der Waals surface area contributed by atoms with E-state index in [2.05, 4.69) is 5.10 Å². The van der Waals surface area contributed by atoms with Gasteiger partial charge in [0.15, 0.2) is 6.29 Å². The van der Waals surface area contributed by atoms with Crippen LogP contribution < -0.4 is 0 Å². The Hall–Kier alpha value is -1.90. The Morgan fingerprint density at radius 3 is 2.56 bits per heavy atom. The van der Waals surface area contributed by atoms with Crippen LogP contribution >= 0.6 is 0 Å². The normalized spacial score (nSPS) is 10.4. The molecule has 0 spiro atoms. The van der Waals surface area contributed by atoms with Crippen LogP contribution in [0.5, 0.6) is 0 Å². The minimum absolute atomic E-state index is 0.644. The Bertz CT molecular complexity index is 497. The zero-order valence-corrected chi connectivity index (χ0v) is 9.47. The molecule has 3 nitrogen and oxygen atoms in total. The summed E-state index contributed by atoms with van der Waals surface area (Å²) >= 11 is 0. The van der Waals surface area contributed by atoms with Gasteiger partial charge in [0, 0.05) is 12.1 Å². The van der Waals surface area contributed by atoms with E-state index in [0.717, 1.165) is 24.1 Å². The summed E-state index contributed by atoms with van der Waals surface area (Å²) in [5.41, 5.74) is 3.79. The fourth-order valence-corrected chi connectivity index (χ4v) is 1.75. The molecule has 0 N–H and O–H groups in total. The number of benzene rings is 1. The maximum absolute atomic E-state index is 10.9. The van der Waals surface area contributed by atoms with E-state index in [9.17, 15) is 4.79 Å². The average molecular weight is 214 g/mol. The molecule has 1 aromatic heterocycles. The van der Waals surface area contributed by atoms with Crippen molar-refractivity contribution in [3.63, 3.8) is 0 Å². The van der Waals surface area contributed by atoms with Crippen molar-refractivity contribution in [1.29, 1.82) is 0 Å². The zero-order valence-electron chi connectivity index (χ0n) is 9.47. The lowest BCUT2D eigenvalue weighted by atomic mass is 10.1. The number of aromatic nitrogens is 2. The molecule has 0 saturated carbocycles. The summed E-state index contributed by atoms with van der Waals surface area (Å²) in [5, 5.41) is 4.19. The summed E-state index contributed by atoms with van der Waals surface area (Å²) in [5.74, 6) is 0. The van der Waals surface area contributed by atoms with Crippen LogP contribution in [0.4, 0.5) is 0 Å². The number of carbonyl (C=O) groups excluding carboxylic acids is 1. The predicted molar refractivity (Wildman–Crippen MR) is 63.5 cm³/mol. The molecule has 1 heterocycles. The summed E-state index contributed by atoms with van der Waals surface area (Å²) in [4.78, 5) is 10.9. The number of nitrogens with zero attached hydrogens (tertiary/aromatic N) is 2. The Kier molecular flexibility index (Phi) is 2.86. The van der Waals surface area contributed by atoms with Crippen LogP contribution in [0.3, 0.4) is 0 Å². The van der Waals surface area contributed by atoms with Crippen molar-refractivity contribution in [3.8, 4) is 11.3 Å². The fourth-order valence-electron chi connectivity index (χ4n) is 1.75. The molecule has 16 heavy (non-hydrogen) atoms. The monoisotopic (exact) mass is 214 g/mol. The van der Waals surface area contributed by atoms with Gasteiger partial charge in [-0.3, -0.25) is 9.48 Å². The Morgan fingerprint density at radius 2 is 2.00 bits per heavy atom. The van der Waals surface area contributed by atoms with E-state index in [4.69, 9.17) is 0 Å². The molecule has 1 aromatic carbocycles. The van der Waals surface area contributed by atoms with Crippen molar-refractivity contribution >= 4 is 6.29 Å². The molecule has 0 aliphatic rings. The van der Waals surface area contributed by atoms with Gasteiger partial charge in [-0.2, -0.15) is 5.10 Å². The highest BCUT2D eigenvalue weighted by atomic mass is 16.1. The maximum Gasteiger partial charge on any atom is 0.153 e. The molecule has 0 amide bonds. The molecule has 0 bridgehead atoms. The van der Waals surface area contributed by atoms with E-state index in [1.54, 1.807) is 6.20 Å². The molecule has 0 radical (unpaired) electrons. The molecule has 0 fully saturated rings. The number of aryl methyl sites for hydroxylation is 2. The van der Waals surface area contributed by atoms with E-state index in [-0.39, 0.29) is 0 Å². The Morgan fingerprint density at radius 1 is 1.31 bits per heavy atom.